The Labute approximate surface area is 173 Å². The largest absolute Gasteiger partial charge is 0.337 e. The van der Waals surface area contributed by atoms with E-state index in [9.17, 15) is 14.4 Å². The second-order valence-corrected chi connectivity index (χ2v) is 8.72. The average Bonchev–Trinajstić information content (AvgIpc) is 3.08. The SMILES string of the molecule is CCCCn1c(=O)n(-c2ccc(C)cc2)c(=O)c2c3c(sc21)CN(C(C)=O)CC3. The molecule has 3 heterocycles. The number of benzene rings is 1. The minimum absolute atomic E-state index is 0.0357. The minimum Gasteiger partial charge on any atom is -0.337 e. The summed E-state index contributed by atoms with van der Waals surface area (Å²) in [6.45, 7) is 7.32. The quantitative estimate of drug-likeness (QED) is 0.662. The second kappa shape index (κ2) is 7.63. The molecule has 1 aliphatic rings. The molecule has 0 saturated heterocycles. The predicted octanol–water partition coefficient (Wildman–Crippen LogP) is 3.23. The minimum atomic E-state index is -0.290. The molecule has 2 aromatic heterocycles. The first-order valence-corrected chi connectivity index (χ1v) is 10.9. The summed E-state index contributed by atoms with van der Waals surface area (Å²) in [5, 5.41) is 0.643. The van der Waals surface area contributed by atoms with Crippen molar-refractivity contribution in [3.05, 3.63) is 61.1 Å². The summed E-state index contributed by atoms with van der Waals surface area (Å²) in [5.74, 6) is 0.0357. The zero-order valence-electron chi connectivity index (χ0n) is 17.0. The highest BCUT2D eigenvalue weighted by atomic mass is 32.1. The molecule has 0 N–H and O–H groups in total. The summed E-state index contributed by atoms with van der Waals surface area (Å²) < 4.78 is 3.06. The lowest BCUT2D eigenvalue weighted by Crippen LogP contribution is -2.39. The second-order valence-electron chi connectivity index (χ2n) is 7.64. The fourth-order valence-corrected chi connectivity index (χ4v) is 5.28. The van der Waals surface area contributed by atoms with E-state index in [1.165, 1.54) is 15.9 Å². The fraction of sp³-hybridized carbons (Fsp3) is 0.409. The highest BCUT2D eigenvalue weighted by molar-refractivity contribution is 7.18. The Hall–Kier alpha value is -2.67. The van der Waals surface area contributed by atoms with Gasteiger partial charge in [0.2, 0.25) is 5.91 Å². The van der Waals surface area contributed by atoms with E-state index in [1.54, 1.807) is 16.4 Å². The van der Waals surface area contributed by atoms with Crippen LogP contribution in [0.2, 0.25) is 0 Å². The van der Waals surface area contributed by atoms with Gasteiger partial charge in [-0.3, -0.25) is 14.2 Å². The number of nitrogens with zero attached hydrogens (tertiary/aromatic N) is 3. The molecule has 6 nitrogen and oxygen atoms in total. The Bertz CT molecular complexity index is 1200. The number of carbonyl (C=O) groups excluding carboxylic acids is 1. The maximum Gasteiger partial charge on any atom is 0.336 e. The monoisotopic (exact) mass is 411 g/mol. The van der Waals surface area contributed by atoms with Gasteiger partial charge in [0.25, 0.3) is 5.56 Å². The maximum absolute atomic E-state index is 13.5. The van der Waals surface area contributed by atoms with Gasteiger partial charge in [0, 0.05) is 24.9 Å². The van der Waals surface area contributed by atoms with Crippen LogP contribution in [0.25, 0.3) is 15.9 Å². The molecule has 1 aliphatic heterocycles. The zero-order chi connectivity index (χ0) is 20.7. The van der Waals surface area contributed by atoms with Crippen LogP contribution in [-0.2, 0) is 24.3 Å². The van der Waals surface area contributed by atoms with Crippen LogP contribution in [-0.4, -0.2) is 26.5 Å². The maximum atomic E-state index is 13.5. The zero-order valence-corrected chi connectivity index (χ0v) is 17.8. The molecule has 0 radical (unpaired) electrons. The number of thiophene rings is 1. The smallest absolute Gasteiger partial charge is 0.336 e. The molecule has 0 unspecified atom stereocenters. The van der Waals surface area contributed by atoms with Crippen LogP contribution in [0.15, 0.2) is 33.9 Å². The summed E-state index contributed by atoms with van der Waals surface area (Å²) in [4.78, 5) is 42.2. The standard InChI is InChI=1S/C22H25N3O3S/c1-4-5-11-24-21-19(17-10-12-23(15(3)26)13-18(17)29-21)20(27)25(22(24)28)16-8-6-14(2)7-9-16/h6-9H,4-5,10-13H2,1-3H3. The van der Waals surface area contributed by atoms with Gasteiger partial charge in [-0.25, -0.2) is 9.36 Å². The summed E-state index contributed by atoms with van der Waals surface area (Å²) in [5.41, 5.74) is 2.13. The number of carbonyl (C=O) groups is 1. The van der Waals surface area contributed by atoms with E-state index in [0.29, 0.717) is 37.1 Å². The first kappa shape index (κ1) is 19.6. The van der Waals surface area contributed by atoms with Crippen molar-refractivity contribution in [1.82, 2.24) is 14.0 Å². The van der Waals surface area contributed by atoms with Crippen molar-refractivity contribution in [2.45, 2.75) is 53.1 Å². The third kappa shape index (κ3) is 3.33. The van der Waals surface area contributed by atoms with Crippen molar-refractivity contribution < 1.29 is 4.79 Å². The molecule has 0 spiro atoms. The molecule has 0 aliphatic carbocycles. The van der Waals surface area contributed by atoms with Gasteiger partial charge in [-0.05, 0) is 37.5 Å². The van der Waals surface area contributed by atoms with Gasteiger partial charge in [0.05, 0.1) is 17.6 Å². The van der Waals surface area contributed by atoms with Crippen molar-refractivity contribution in [1.29, 1.82) is 0 Å². The molecular formula is C22H25N3O3S. The van der Waals surface area contributed by atoms with Crippen LogP contribution >= 0.6 is 11.3 Å². The number of rotatable bonds is 4. The molecule has 29 heavy (non-hydrogen) atoms. The van der Waals surface area contributed by atoms with E-state index in [2.05, 4.69) is 6.92 Å². The van der Waals surface area contributed by atoms with Crippen LogP contribution in [0.5, 0.6) is 0 Å². The first-order chi connectivity index (χ1) is 13.9. The van der Waals surface area contributed by atoms with E-state index < -0.39 is 0 Å². The van der Waals surface area contributed by atoms with E-state index >= 15 is 0 Å². The van der Waals surface area contributed by atoms with Crippen LogP contribution in [0, 0.1) is 6.92 Å². The van der Waals surface area contributed by atoms with Gasteiger partial charge in [-0.2, -0.15) is 0 Å². The Balaban J connectivity index is 2.00. The molecule has 0 saturated carbocycles. The molecule has 1 amide bonds. The van der Waals surface area contributed by atoms with Gasteiger partial charge in [-0.15, -0.1) is 11.3 Å². The number of amides is 1. The molecule has 7 heteroatoms. The van der Waals surface area contributed by atoms with E-state index in [-0.39, 0.29) is 17.2 Å². The number of hydrogen-bond acceptors (Lipinski definition) is 4. The predicted molar refractivity (Wildman–Crippen MR) is 116 cm³/mol. The summed E-state index contributed by atoms with van der Waals surface area (Å²) in [6.07, 6.45) is 2.47. The Kier molecular flexibility index (Phi) is 5.17. The lowest BCUT2D eigenvalue weighted by Gasteiger charge is -2.25. The molecule has 0 bridgehead atoms. The molecule has 4 rings (SSSR count). The number of aromatic nitrogens is 2. The van der Waals surface area contributed by atoms with Crippen molar-refractivity contribution in [3.8, 4) is 5.69 Å². The van der Waals surface area contributed by atoms with Crippen molar-refractivity contribution in [3.63, 3.8) is 0 Å². The van der Waals surface area contributed by atoms with Crippen LogP contribution in [0.4, 0.5) is 0 Å². The highest BCUT2D eigenvalue weighted by Crippen LogP contribution is 2.33. The summed E-state index contributed by atoms with van der Waals surface area (Å²) in [6, 6.07) is 7.47. The normalized spacial score (nSPS) is 13.7. The van der Waals surface area contributed by atoms with Gasteiger partial charge in [-0.1, -0.05) is 31.0 Å². The van der Waals surface area contributed by atoms with Crippen molar-refractivity contribution in [2.24, 2.45) is 0 Å². The average molecular weight is 412 g/mol. The molecule has 0 atom stereocenters. The van der Waals surface area contributed by atoms with Crippen LogP contribution < -0.4 is 11.2 Å². The molecule has 1 aromatic carbocycles. The summed E-state index contributed by atoms with van der Waals surface area (Å²) >= 11 is 1.49. The van der Waals surface area contributed by atoms with Crippen molar-refractivity contribution >= 4 is 27.5 Å². The van der Waals surface area contributed by atoms with Gasteiger partial charge >= 0.3 is 5.69 Å². The number of aryl methyl sites for hydroxylation is 2. The Morgan fingerprint density at radius 3 is 2.55 bits per heavy atom. The fourth-order valence-electron chi connectivity index (χ4n) is 3.91. The van der Waals surface area contributed by atoms with Crippen molar-refractivity contribution in [2.75, 3.05) is 6.54 Å². The lowest BCUT2D eigenvalue weighted by molar-refractivity contribution is -0.129. The van der Waals surface area contributed by atoms with E-state index in [4.69, 9.17) is 0 Å². The topological polar surface area (TPSA) is 64.3 Å². The Morgan fingerprint density at radius 2 is 1.90 bits per heavy atom. The molecular weight excluding hydrogens is 386 g/mol. The van der Waals surface area contributed by atoms with Gasteiger partial charge in [0.1, 0.15) is 4.83 Å². The van der Waals surface area contributed by atoms with Gasteiger partial charge in [0.15, 0.2) is 0 Å². The summed E-state index contributed by atoms with van der Waals surface area (Å²) in [7, 11) is 0. The number of hydrogen-bond donors (Lipinski definition) is 0. The third-order valence-electron chi connectivity index (χ3n) is 5.60. The molecule has 152 valence electrons. The van der Waals surface area contributed by atoms with E-state index in [1.807, 2.05) is 31.2 Å². The Morgan fingerprint density at radius 1 is 1.17 bits per heavy atom. The molecule has 3 aromatic rings. The van der Waals surface area contributed by atoms with Crippen LogP contribution in [0.1, 0.15) is 42.7 Å². The first-order valence-electron chi connectivity index (χ1n) is 10.0. The number of fused-ring (bicyclic) bond motifs is 3. The third-order valence-corrected chi connectivity index (χ3v) is 6.84. The molecule has 0 fully saturated rings. The van der Waals surface area contributed by atoms with E-state index in [0.717, 1.165) is 33.7 Å². The highest BCUT2D eigenvalue weighted by Gasteiger charge is 2.27. The lowest BCUT2D eigenvalue weighted by atomic mass is 10.1. The van der Waals surface area contributed by atoms with Gasteiger partial charge < -0.3 is 4.90 Å². The number of unbranched alkanes of at least 4 members (excludes halogenated alkanes) is 1. The van der Waals surface area contributed by atoms with Crippen LogP contribution in [0.3, 0.4) is 0 Å².